The largest absolute Gasteiger partial charge is 0.497 e. The van der Waals surface area contributed by atoms with E-state index in [0.717, 1.165) is 45.3 Å². The van der Waals surface area contributed by atoms with Crippen LogP contribution in [0.2, 0.25) is 0 Å². The number of amides is 1. The van der Waals surface area contributed by atoms with Crippen molar-refractivity contribution in [3.63, 3.8) is 0 Å². The van der Waals surface area contributed by atoms with Gasteiger partial charge in [-0.25, -0.2) is 4.79 Å². The Hall–Kier alpha value is -3.64. The fourth-order valence-electron chi connectivity index (χ4n) is 3.91. The van der Waals surface area contributed by atoms with Gasteiger partial charge in [-0.2, -0.15) is 5.32 Å². The summed E-state index contributed by atoms with van der Waals surface area (Å²) >= 11 is 1.20. The quantitative estimate of drug-likeness (QED) is 0.549. The predicted octanol–water partition coefficient (Wildman–Crippen LogP) is 5.45. The van der Waals surface area contributed by atoms with Crippen LogP contribution in [-0.2, 0) is 0 Å². The van der Waals surface area contributed by atoms with Crippen LogP contribution in [-0.4, -0.2) is 28.6 Å². The summed E-state index contributed by atoms with van der Waals surface area (Å²) in [5, 5.41) is 7.91. The summed E-state index contributed by atoms with van der Waals surface area (Å²) in [5.41, 5.74) is 4.22. The minimum Gasteiger partial charge on any atom is -0.497 e. The van der Waals surface area contributed by atoms with E-state index in [4.69, 9.17) is 9.84 Å². The molecule has 158 valence electrons. The molecule has 0 radical (unpaired) electrons. The fraction of sp³-hybridized carbons (Fsp3) is 0.115. The van der Waals surface area contributed by atoms with Gasteiger partial charge in [-0.15, -0.1) is 4.68 Å². The first-order chi connectivity index (χ1) is 15.7. The van der Waals surface area contributed by atoms with Gasteiger partial charge < -0.3 is 4.74 Å². The molecule has 3 aromatic carbocycles. The number of hydrogen-bond donors (Lipinski definition) is 1. The van der Waals surface area contributed by atoms with Gasteiger partial charge in [-0.1, -0.05) is 77.9 Å². The third-order valence-corrected chi connectivity index (χ3v) is 6.32. The Bertz CT molecular complexity index is 1230. The average molecular weight is 441 g/mol. The number of amidine groups is 1. The molecule has 1 amide bonds. The molecule has 32 heavy (non-hydrogen) atoms. The van der Waals surface area contributed by atoms with E-state index < -0.39 is 0 Å². The Labute approximate surface area is 191 Å². The van der Waals surface area contributed by atoms with Crippen LogP contribution in [0.5, 0.6) is 5.75 Å². The minimum atomic E-state index is -0.0981. The summed E-state index contributed by atoms with van der Waals surface area (Å²) in [4.78, 5) is 13.2. The topological polar surface area (TPSA) is 53.7 Å². The molecule has 3 aromatic rings. The SMILES string of the molecule is COc1ccc([C@@H]2CC(c3ccccc3)=N/[N+]2=C2/NC(=O)S/C2=C\c2ccccc2)cc1. The average Bonchev–Trinajstić information content (AvgIpc) is 3.44. The minimum absolute atomic E-state index is 0.0377. The van der Waals surface area contributed by atoms with Crippen molar-refractivity contribution >= 4 is 34.6 Å². The molecule has 0 spiro atoms. The molecule has 0 aliphatic carbocycles. The molecule has 1 atom stereocenters. The van der Waals surface area contributed by atoms with Crippen molar-refractivity contribution in [3.8, 4) is 5.75 Å². The molecule has 0 unspecified atom stereocenters. The molecule has 2 heterocycles. The van der Waals surface area contributed by atoms with Gasteiger partial charge in [0.1, 0.15) is 10.7 Å². The number of methoxy groups -OCH3 is 1. The second-order valence-electron chi connectivity index (χ2n) is 7.53. The summed E-state index contributed by atoms with van der Waals surface area (Å²) in [7, 11) is 1.66. The molecule has 6 heteroatoms. The first kappa shape index (κ1) is 20.3. The maximum atomic E-state index is 12.4. The Morgan fingerprint density at radius 3 is 2.38 bits per heavy atom. The Kier molecular flexibility index (Phi) is 5.60. The van der Waals surface area contributed by atoms with E-state index in [1.54, 1.807) is 7.11 Å². The van der Waals surface area contributed by atoms with Crippen molar-refractivity contribution in [2.45, 2.75) is 12.5 Å². The number of carbonyl (C=O) groups is 1. The molecular weight excluding hydrogens is 418 g/mol. The lowest BCUT2D eigenvalue weighted by Crippen LogP contribution is -2.29. The third kappa shape index (κ3) is 4.09. The number of hydrazone groups is 1. The summed E-state index contributed by atoms with van der Waals surface area (Å²) in [6.07, 6.45) is 2.76. The standard InChI is InChI=1S/C26H21N3O2S/c1-31-21-14-12-20(13-15-21)23-17-22(19-10-6-3-7-11-19)28-29(23)25-24(32-26(30)27-25)16-18-8-4-2-5-9-18/h2-16,23H,17H2,1H3/p+1/b24-16-/t23-/m0/s1. The predicted molar refractivity (Wildman–Crippen MR) is 129 cm³/mol. The van der Waals surface area contributed by atoms with E-state index in [2.05, 4.69) is 29.6 Å². The molecular formula is C26H22N3O2S+. The Morgan fingerprint density at radius 1 is 1.00 bits per heavy atom. The molecule has 1 fully saturated rings. The molecule has 1 saturated heterocycles. The highest BCUT2D eigenvalue weighted by molar-refractivity contribution is 8.18. The van der Waals surface area contributed by atoms with Gasteiger partial charge in [0.25, 0.3) is 0 Å². The number of nitrogens with one attached hydrogen (secondary N) is 1. The van der Waals surface area contributed by atoms with Gasteiger partial charge in [0, 0.05) is 18.2 Å². The van der Waals surface area contributed by atoms with Gasteiger partial charge in [-0.05, 0) is 34.9 Å². The highest BCUT2D eigenvalue weighted by Gasteiger charge is 2.40. The summed E-state index contributed by atoms with van der Waals surface area (Å²) in [5.74, 6) is 1.53. The zero-order chi connectivity index (χ0) is 21.9. The van der Waals surface area contributed by atoms with E-state index in [1.807, 2.05) is 71.4 Å². The third-order valence-electron chi connectivity index (χ3n) is 5.50. The molecule has 0 aromatic heterocycles. The maximum absolute atomic E-state index is 12.4. The lowest BCUT2D eigenvalue weighted by atomic mass is 9.99. The van der Waals surface area contributed by atoms with E-state index in [1.165, 1.54) is 11.8 Å². The summed E-state index contributed by atoms with van der Waals surface area (Å²) in [6, 6.07) is 28.2. The number of thioether (sulfide) groups is 1. The van der Waals surface area contributed by atoms with Crippen molar-refractivity contribution in [1.29, 1.82) is 0 Å². The number of rotatable bonds is 4. The van der Waals surface area contributed by atoms with E-state index in [9.17, 15) is 4.79 Å². The van der Waals surface area contributed by atoms with Crippen molar-refractivity contribution in [2.75, 3.05) is 7.11 Å². The zero-order valence-corrected chi connectivity index (χ0v) is 18.4. The lowest BCUT2D eigenvalue weighted by molar-refractivity contribution is -0.568. The molecule has 0 saturated carbocycles. The van der Waals surface area contributed by atoms with Crippen molar-refractivity contribution in [3.05, 3.63) is 107 Å². The number of benzene rings is 3. The molecule has 1 N–H and O–H groups in total. The van der Waals surface area contributed by atoms with Gasteiger partial charge in [0.2, 0.25) is 0 Å². The van der Waals surface area contributed by atoms with Gasteiger partial charge in [0.15, 0.2) is 6.04 Å². The van der Waals surface area contributed by atoms with Crippen LogP contribution in [0.3, 0.4) is 0 Å². The van der Waals surface area contributed by atoms with Crippen LogP contribution in [0, 0.1) is 0 Å². The summed E-state index contributed by atoms with van der Waals surface area (Å²) < 4.78 is 7.28. The normalized spacial score (nSPS) is 21.5. The molecule has 5 nitrogen and oxygen atoms in total. The second-order valence-corrected chi connectivity index (χ2v) is 8.55. The van der Waals surface area contributed by atoms with Gasteiger partial charge >= 0.3 is 11.1 Å². The Morgan fingerprint density at radius 2 is 1.69 bits per heavy atom. The van der Waals surface area contributed by atoms with E-state index in [-0.39, 0.29) is 11.3 Å². The Balaban J connectivity index is 1.63. The smallest absolute Gasteiger partial charge is 0.372 e. The van der Waals surface area contributed by atoms with E-state index in [0.29, 0.717) is 0 Å². The van der Waals surface area contributed by atoms with Crippen LogP contribution in [0.25, 0.3) is 6.08 Å². The van der Waals surface area contributed by atoms with Crippen molar-refractivity contribution in [2.24, 2.45) is 5.10 Å². The van der Waals surface area contributed by atoms with Gasteiger partial charge in [0.05, 0.1) is 12.8 Å². The maximum Gasteiger partial charge on any atom is 0.372 e. The highest BCUT2D eigenvalue weighted by atomic mass is 32.2. The second kappa shape index (κ2) is 8.85. The number of hydrogen-bond acceptors (Lipinski definition) is 4. The molecule has 0 bridgehead atoms. The number of ether oxygens (including phenoxy) is 1. The zero-order valence-electron chi connectivity index (χ0n) is 17.6. The first-order valence-corrected chi connectivity index (χ1v) is 11.2. The van der Waals surface area contributed by atoms with E-state index >= 15 is 0 Å². The highest BCUT2D eigenvalue weighted by Crippen LogP contribution is 2.34. The summed E-state index contributed by atoms with van der Waals surface area (Å²) in [6.45, 7) is 0. The van der Waals surface area contributed by atoms with Crippen molar-refractivity contribution < 1.29 is 14.2 Å². The number of carbonyl (C=O) groups excluding carboxylic acids is 1. The van der Waals surface area contributed by atoms with Crippen LogP contribution >= 0.6 is 11.8 Å². The van der Waals surface area contributed by atoms with Crippen LogP contribution in [0.15, 0.2) is 94.9 Å². The molecule has 2 aliphatic heterocycles. The molecule has 2 aliphatic rings. The van der Waals surface area contributed by atoms with Crippen LogP contribution in [0.4, 0.5) is 4.79 Å². The lowest BCUT2D eigenvalue weighted by Gasteiger charge is -2.11. The van der Waals surface area contributed by atoms with Crippen LogP contribution < -0.4 is 10.1 Å². The fourth-order valence-corrected chi connectivity index (χ4v) is 4.69. The van der Waals surface area contributed by atoms with Gasteiger partial charge in [-0.3, -0.25) is 0 Å². The van der Waals surface area contributed by atoms with Crippen LogP contribution in [0.1, 0.15) is 29.2 Å². The monoisotopic (exact) mass is 440 g/mol. The molecule has 5 rings (SSSR count). The number of nitrogens with zero attached hydrogens (tertiary/aromatic N) is 2. The first-order valence-electron chi connectivity index (χ1n) is 10.4. The van der Waals surface area contributed by atoms with Crippen molar-refractivity contribution in [1.82, 2.24) is 5.32 Å².